The number of anilines is 1. The fourth-order valence-corrected chi connectivity index (χ4v) is 2.65. The second kappa shape index (κ2) is 5.10. The molecule has 0 spiro atoms. The number of fused-ring (bicyclic) bond motifs is 1. The van der Waals surface area contributed by atoms with Crippen molar-refractivity contribution in [2.24, 2.45) is 0 Å². The van der Waals surface area contributed by atoms with E-state index in [2.05, 4.69) is 5.32 Å². The molecule has 0 bridgehead atoms. The summed E-state index contributed by atoms with van der Waals surface area (Å²) in [5.41, 5.74) is 4.82. The second-order valence-electron chi connectivity index (χ2n) is 5.22. The van der Waals surface area contributed by atoms with Crippen LogP contribution in [0.25, 0.3) is 0 Å². The Balaban J connectivity index is 1.95. The molecule has 1 heterocycles. The van der Waals surface area contributed by atoms with Gasteiger partial charge in [-0.1, -0.05) is 36.4 Å². The first-order valence-electron chi connectivity index (χ1n) is 6.81. The van der Waals surface area contributed by atoms with Gasteiger partial charge in [0.1, 0.15) is 6.10 Å². The lowest BCUT2D eigenvalue weighted by Gasteiger charge is -2.20. The molecule has 1 aliphatic rings. The van der Waals surface area contributed by atoms with Crippen LogP contribution in [0.4, 0.5) is 5.69 Å². The van der Waals surface area contributed by atoms with Crippen molar-refractivity contribution >= 4 is 11.6 Å². The largest absolute Gasteiger partial charge is 0.384 e. The van der Waals surface area contributed by atoms with Crippen molar-refractivity contribution in [3.63, 3.8) is 0 Å². The Morgan fingerprint density at radius 2 is 1.95 bits per heavy atom. The molecule has 0 saturated heterocycles. The zero-order chi connectivity index (χ0) is 14.1. The minimum atomic E-state index is -0.626. The van der Waals surface area contributed by atoms with Gasteiger partial charge in [-0.15, -0.1) is 0 Å². The molecule has 1 aliphatic heterocycles. The Hall–Kier alpha value is -2.13. The number of aryl methyl sites for hydroxylation is 2. The SMILES string of the molecule is Cc1ccccc1C(O)c1ccc2c(c1)CCC(=O)N2. The Morgan fingerprint density at radius 1 is 1.15 bits per heavy atom. The highest BCUT2D eigenvalue weighted by atomic mass is 16.3. The average molecular weight is 267 g/mol. The summed E-state index contributed by atoms with van der Waals surface area (Å²) >= 11 is 0. The van der Waals surface area contributed by atoms with Gasteiger partial charge >= 0.3 is 0 Å². The Morgan fingerprint density at radius 3 is 2.75 bits per heavy atom. The number of rotatable bonds is 2. The van der Waals surface area contributed by atoms with Crippen LogP contribution in [-0.2, 0) is 11.2 Å². The van der Waals surface area contributed by atoms with Crippen LogP contribution in [-0.4, -0.2) is 11.0 Å². The van der Waals surface area contributed by atoms with E-state index in [9.17, 15) is 9.90 Å². The number of aliphatic hydroxyl groups is 1. The van der Waals surface area contributed by atoms with Crippen molar-refractivity contribution in [3.05, 3.63) is 64.7 Å². The van der Waals surface area contributed by atoms with E-state index >= 15 is 0 Å². The summed E-state index contributed by atoms with van der Waals surface area (Å²) in [7, 11) is 0. The fraction of sp³-hybridized carbons (Fsp3) is 0.235. The molecule has 0 aromatic heterocycles. The maximum Gasteiger partial charge on any atom is 0.224 e. The topological polar surface area (TPSA) is 49.3 Å². The van der Waals surface area contributed by atoms with E-state index in [4.69, 9.17) is 0 Å². The molecule has 3 heteroatoms. The van der Waals surface area contributed by atoms with Gasteiger partial charge in [0.25, 0.3) is 0 Å². The molecule has 0 radical (unpaired) electrons. The van der Waals surface area contributed by atoms with E-state index < -0.39 is 6.10 Å². The van der Waals surface area contributed by atoms with Gasteiger partial charge in [0.05, 0.1) is 0 Å². The second-order valence-corrected chi connectivity index (χ2v) is 5.22. The van der Waals surface area contributed by atoms with Crippen LogP contribution in [0.15, 0.2) is 42.5 Å². The molecule has 0 saturated carbocycles. The number of hydrogen-bond acceptors (Lipinski definition) is 2. The lowest BCUT2D eigenvalue weighted by atomic mass is 9.93. The predicted octanol–water partition coefficient (Wildman–Crippen LogP) is 2.96. The molecule has 0 fully saturated rings. The van der Waals surface area contributed by atoms with Crippen molar-refractivity contribution in [2.75, 3.05) is 5.32 Å². The third-order valence-corrected chi connectivity index (χ3v) is 3.82. The minimum absolute atomic E-state index is 0.0599. The zero-order valence-corrected chi connectivity index (χ0v) is 11.4. The van der Waals surface area contributed by atoms with Crippen molar-refractivity contribution in [1.29, 1.82) is 0 Å². The average Bonchev–Trinajstić information content (AvgIpc) is 2.46. The van der Waals surface area contributed by atoms with Gasteiger partial charge in [0.15, 0.2) is 0 Å². The number of benzene rings is 2. The van der Waals surface area contributed by atoms with E-state index in [1.54, 1.807) is 0 Å². The number of hydrogen-bond donors (Lipinski definition) is 2. The van der Waals surface area contributed by atoms with Crippen LogP contribution in [0.5, 0.6) is 0 Å². The van der Waals surface area contributed by atoms with Crippen LogP contribution in [0.3, 0.4) is 0 Å². The Kier molecular flexibility index (Phi) is 3.28. The first-order chi connectivity index (χ1) is 9.65. The number of amides is 1. The summed E-state index contributed by atoms with van der Waals surface area (Å²) in [4.78, 5) is 11.4. The molecule has 3 nitrogen and oxygen atoms in total. The standard InChI is InChI=1S/C17H17NO2/c1-11-4-2-3-5-14(11)17(20)13-6-8-15-12(10-13)7-9-16(19)18-15/h2-6,8,10,17,20H,7,9H2,1H3,(H,18,19). The molecule has 102 valence electrons. The summed E-state index contributed by atoms with van der Waals surface area (Å²) in [6, 6.07) is 13.6. The zero-order valence-electron chi connectivity index (χ0n) is 11.4. The predicted molar refractivity (Wildman–Crippen MR) is 78.6 cm³/mol. The summed E-state index contributed by atoms with van der Waals surface area (Å²) in [5, 5.41) is 13.4. The third-order valence-electron chi connectivity index (χ3n) is 3.82. The van der Waals surface area contributed by atoms with Gasteiger partial charge in [-0.05, 0) is 41.7 Å². The number of nitrogens with one attached hydrogen (secondary N) is 1. The van der Waals surface area contributed by atoms with E-state index in [0.717, 1.165) is 34.4 Å². The highest BCUT2D eigenvalue weighted by Gasteiger charge is 2.18. The molecule has 20 heavy (non-hydrogen) atoms. The monoisotopic (exact) mass is 267 g/mol. The summed E-state index contributed by atoms with van der Waals surface area (Å²) < 4.78 is 0. The van der Waals surface area contributed by atoms with Crippen LogP contribution >= 0.6 is 0 Å². The fourth-order valence-electron chi connectivity index (χ4n) is 2.65. The van der Waals surface area contributed by atoms with E-state index in [-0.39, 0.29) is 5.91 Å². The quantitative estimate of drug-likeness (QED) is 0.879. The highest BCUT2D eigenvalue weighted by Crippen LogP contribution is 2.30. The maximum atomic E-state index is 11.4. The Bertz CT molecular complexity index is 664. The highest BCUT2D eigenvalue weighted by molar-refractivity contribution is 5.93. The summed E-state index contributed by atoms with van der Waals surface area (Å²) in [6.07, 6.45) is 0.617. The molecule has 1 atom stereocenters. The van der Waals surface area contributed by atoms with Crippen molar-refractivity contribution < 1.29 is 9.90 Å². The van der Waals surface area contributed by atoms with Crippen molar-refractivity contribution in [2.45, 2.75) is 25.9 Å². The molecule has 3 rings (SSSR count). The first-order valence-corrected chi connectivity index (χ1v) is 6.81. The lowest BCUT2D eigenvalue weighted by Crippen LogP contribution is -2.19. The lowest BCUT2D eigenvalue weighted by molar-refractivity contribution is -0.116. The van der Waals surface area contributed by atoms with Crippen LogP contribution in [0.2, 0.25) is 0 Å². The van der Waals surface area contributed by atoms with Gasteiger partial charge in [0.2, 0.25) is 5.91 Å². The van der Waals surface area contributed by atoms with Crippen molar-refractivity contribution in [1.82, 2.24) is 0 Å². The summed E-state index contributed by atoms with van der Waals surface area (Å²) in [5.74, 6) is 0.0599. The van der Waals surface area contributed by atoms with E-state index in [0.29, 0.717) is 6.42 Å². The molecular weight excluding hydrogens is 250 g/mol. The molecule has 2 aromatic carbocycles. The van der Waals surface area contributed by atoms with Gasteiger partial charge in [-0.25, -0.2) is 0 Å². The number of aliphatic hydroxyl groups excluding tert-OH is 1. The molecule has 1 unspecified atom stereocenters. The van der Waals surface area contributed by atoms with E-state index in [1.165, 1.54) is 0 Å². The molecular formula is C17H17NO2. The first kappa shape index (κ1) is 12.9. The normalized spacial score (nSPS) is 15.4. The van der Waals surface area contributed by atoms with Crippen LogP contribution in [0.1, 0.15) is 34.8 Å². The van der Waals surface area contributed by atoms with Gasteiger partial charge < -0.3 is 10.4 Å². The smallest absolute Gasteiger partial charge is 0.224 e. The van der Waals surface area contributed by atoms with E-state index in [1.807, 2.05) is 49.4 Å². The number of carbonyl (C=O) groups is 1. The van der Waals surface area contributed by atoms with Crippen LogP contribution < -0.4 is 5.32 Å². The van der Waals surface area contributed by atoms with Crippen LogP contribution in [0, 0.1) is 6.92 Å². The molecule has 2 aromatic rings. The third kappa shape index (κ3) is 2.32. The Labute approximate surface area is 118 Å². The maximum absolute atomic E-state index is 11.4. The number of carbonyl (C=O) groups excluding carboxylic acids is 1. The van der Waals surface area contributed by atoms with Crippen molar-refractivity contribution in [3.8, 4) is 0 Å². The molecule has 1 amide bonds. The molecule has 2 N–H and O–H groups in total. The van der Waals surface area contributed by atoms with Gasteiger partial charge in [-0.3, -0.25) is 4.79 Å². The van der Waals surface area contributed by atoms with Gasteiger partial charge in [0, 0.05) is 12.1 Å². The van der Waals surface area contributed by atoms with Gasteiger partial charge in [-0.2, -0.15) is 0 Å². The molecule has 0 aliphatic carbocycles. The summed E-state index contributed by atoms with van der Waals surface area (Å²) in [6.45, 7) is 2.00. The minimum Gasteiger partial charge on any atom is -0.384 e.